The maximum absolute atomic E-state index is 12.3. The second-order valence-corrected chi connectivity index (χ2v) is 7.51. The van der Waals surface area contributed by atoms with Crippen LogP contribution in [0.5, 0.6) is 0 Å². The summed E-state index contributed by atoms with van der Waals surface area (Å²) in [6.45, 7) is 1.62. The van der Waals surface area contributed by atoms with Crippen LogP contribution in [-0.2, 0) is 0 Å². The van der Waals surface area contributed by atoms with Crippen molar-refractivity contribution in [2.45, 2.75) is 12.8 Å². The second-order valence-electron chi connectivity index (χ2n) is 6.20. The maximum Gasteiger partial charge on any atom is 0.346 e. The highest BCUT2D eigenvalue weighted by Gasteiger charge is 2.17. The average Bonchev–Trinajstić information content (AvgIpc) is 3.34. The lowest BCUT2D eigenvalue weighted by Crippen LogP contribution is -2.27. The summed E-state index contributed by atoms with van der Waals surface area (Å²) in [5.74, 6) is 0. The van der Waals surface area contributed by atoms with E-state index in [1.807, 2.05) is 57.4 Å². The van der Waals surface area contributed by atoms with Crippen LogP contribution < -0.4 is 4.80 Å². The molecule has 0 saturated carbocycles. The summed E-state index contributed by atoms with van der Waals surface area (Å²) in [6, 6.07) is 15.8. The fourth-order valence-electron chi connectivity index (χ4n) is 3.07. The fraction of sp³-hybridized carbons (Fsp3) is 0.200. The number of hydrogen-bond acceptors (Lipinski definition) is 2. The van der Waals surface area contributed by atoms with E-state index in [1.165, 1.54) is 11.3 Å². The highest BCUT2D eigenvalue weighted by Crippen LogP contribution is 2.22. The lowest BCUT2D eigenvalue weighted by molar-refractivity contribution is 0.218. The molecule has 1 saturated heterocycles. The minimum Gasteiger partial charge on any atom is -0.323 e. The largest absolute Gasteiger partial charge is 0.346 e. The van der Waals surface area contributed by atoms with Crippen LogP contribution in [0.2, 0.25) is 5.02 Å². The molecular formula is C20H18ClN3OS. The summed E-state index contributed by atoms with van der Waals surface area (Å²) >= 11 is 7.42. The summed E-state index contributed by atoms with van der Waals surface area (Å²) in [5, 5.41) is 2.68. The standard InChI is InChI=1S/C20H18ClN3OS/c21-17-7-3-15(4-8-17)16-5-9-18(10-6-16)24-13-14-26-20(24)22-19(25)23-11-1-2-12-23/h3-10,13-14H,1-2,11-12H2/b22-20-. The smallest absolute Gasteiger partial charge is 0.323 e. The fourth-order valence-corrected chi connectivity index (χ4v) is 3.91. The molecule has 1 aliphatic rings. The van der Waals surface area contributed by atoms with Gasteiger partial charge in [0.2, 0.25) is 0 Å². The van der Waals surface area contributed by atoms with Crippen molar-refractivity contribution in [1.82, 2.24) is 9.47 Å². The number of carbonyl (C=O) groups excluding carboxylic acids is 1. The van der Waals surface area contributed by atoms with E-state index in [0.717, 1.165) is 47.8 Å². The van der Waals surface area contributed by atoms with Gasteiger partial charge in [0.25, 0.3) is 0 Å². The van der Waals surface area contributed by atoms with Crippen LogP contribution >= 0.6 is 22.9 Å². The first-order chi connectivity index (χ1) is 12.7. The van der Waals surface area contributed by atoms with E-state index in [-0.39, 0.29) is 6.03 Å². The molecule has 2 aromatic carbocycles. The number of likely N-dealkylation sites (tertiary alicyclic amines) is 1. The number of rotatable bonds is 2. The number of benzene rings is 2. The van der Waals surface area contributed by atoms with E-state index < -0.39 is 0 Å². The molecule has 6 heteroatoms. The quantitative estimate of drug-likeness (QED) is 0.615. The number of urea groups is 1. The van der Waals surface area contributed by atoms with E-state index in [9.17, 15) is 4.79 Å². The molecule has 1 aromatic heterocycles. The Morgan fingerprint density at radius 2 is 1.58 bits per heavy atom. The maximum atomic E-state index is 12.3. The molecule has 26 heavy (non-hydrogen) atoms. The predicted molar refractivity (Wildman–Crippen MR) is 106 cm³/mol. The van der Waals surface area contributed by atoms with Crippen molar-refractivity contribution in [3.63, 3.8) is 0 Å². The number of thiazole rings is 1. The molecule has 4 rings (SSSR count). The highest BCUT2D eigenvalue weighted by molar-refractivity contribution is 7.07. The highest BCUT2D eigenvalue weighted by atomic mass is 35.5. The van der Waals surface area contributed by atoms with Gasteiger partial charge in [0.05, 0.1) is 0 Å². The van der Waals surface area contributed by atoms with Crippen molar-refractivity contribution in [3.8, 4) is 16.8 Å². The van der Waals surface area contributed by atoms with Crippen molar-refractivity contribution in [2.24, 2.45) is 4.99 Å². The van der Waals surface area contributed by atoms with Gasteiger partial charge in [-0.25, -0.2) is 4.79 Å². The van der Waals surface area contributed by atoms with Gasteiger partial charge in [0, 0.05) is 35.4 Å². The normalized spacial score (nSPS) is 14.8. The zero-order valence-electron chi connectivity index (χ0n) is 14.1. The third-order valence-corrected chi connectivity index (χ3v) is 5.49. The van der Waals surface area contributed by atoms with E-state index in [1.54, 1.807) is 0 Å². The van der Waals surface area contributed by atoms with Gasteiger partial charge in [-0.2, -0.15) is 4.99 Å². The van der Waals surface area contributed by atoms with Crippen molar-refractivity contribution in [1.29, 1.82) is 0 Å². The Kier molecular flexibility index (Phi) is 4.91. The number of aromatic nitrogens is 1. The van der Waals surface area contributed by atoms with Gasteiger partial charge in [-0.3, -0.25) is 4.57 Å². The van der Waals surface area contributed by atoms with Crippen molar-refractivity contribution < 1.29 is 4.79 Å². The van der Waals surface area contributed by atoms with Crippen molar-refractivity contribution >= 4 is 29.0 Å². The molecule has 3 aromatic rings. The first kappa shape index (κ1) is 17.1. The van der Waals surface area contributed by atoms with Gasteiger partial charge in [0.1, 0.15) is 0 Å². The van der Waals surface area contributed by atoms with Gasteiger partial charge >= 0.3 is 6.03 Å². The second kappa shape index (κ2) is 7.48. The molecule has 0 bridgehead atoms. The van der Waals surface area contributed by atoms with Crippen LogP contribution in [0.4, 0.5) is 4.79 Å². The van der Waals surface area contributed by atoms with Crippen LogP contribution in [-0.4, -0.2) is 28.6 Å². The first-order valence-electron chi connectivity index (χ1n) is 8.57. The minimum atomic E-state index is -0.142. The molecule has 1 aliphatic heterocycles. The van der Waals surface area contributed by atoms with Crippen molar-refractivity contribution in [3.05, 3.63) is 69.9 Å². The number of nitrogens with zero attached hydrogens (tertiary/aromatic N) is 3. The molecule has 0 N–H and O–H groups in total. The van der Waals surface area contributed by atoms with Gasteiger partial charge in [0.15, 0.2) is 4.80 Å². The summed E-state index contributed by atoms with van der Waals surface area (Å²) < 4.78 is 1.95. The lowest BCUT2D eigenvalue weighted by atomic mass is 10.1. The number of carbonyl (C=O) groups is 1. The summed E-state index contributed by atoms with van der Waals surface area (Å²) in [4.78, 5) is 19.1. The number of amides is 2. The molecule has 2 amide bonds. The Hall–Kier alpha value is -2.37. The molecule has 0 atom stereocenters. The summed E-state index contributed by atoms with van der Waals surface area (Å²) in [7, 11) is 0. The third kappa shape index (κ3) is 3.59. The topological polar surface area (TPSA) is 37.6 Å². The van der Waals surface area contributed by atoms with Crippen LogP contribution in [0.1, 0.15) is 12.8 Å². The first-order valence-corrected chi connectivity index (χ1v) is 9.83. The van der Waals surface area contributed by atoms with Crippen LogP contribution in [0.3, 0.4) is 0 Å². The Bertz CT molecular complexity index is 967. The zero-order valence-corrected chi connectivity index (χ0v) is 15.7. The van der Waals surface area contributed by atoms with E-state index in [4.69, 9.17) is 11.6 Å². The van der Waals surface area contributed by atoms with Crippen LogP contribution in [0.15, 0.2) is 65.1 Å². The zero-order chi connectivity index (χ0) is 17.9. The van der Waals surface area contributed by atoms with Gasteiger partial charge in [-0.1, -0.05) is 35.9 Å². The van der Waals surface area contributed by atoms with Gasteiger partial charge in [-0.15, -0.1) is 11.3 Å². The lowest BCUT2D eigenvalue weighted by Gasteiger charge is -2.11. The molecule has 0 spiro atoms. The van der Waals surface area contributed by atoms with Crippen LogP contribution in [0, 0.1) is 0 Å². The van der Waals surface area contributed by atoms with Gasteiger partial charge in [-0.05, 0) is 48.2 Å². The molecule has 2 heterocycles. The molecule has 4 nitrogen and oxygen atoms in total. The summed E-state index contributed by atoms with van der Waals surface area (Å²) in [5.41, 5.74) is 3.22. The van der Waals surface area contributed by atoms with E-state index >= 15 is 0 Å². The Balaban J connectivity index is 1.61. The van der Waals surface area contributed by atoms with Crippen LogP contribution in [0.25, 0.3) is 16.8 Å². The summed E-state index contributed by atoms with van der Waals surface area (Å²) in [6.07, 6.45) is 4.08. The number of hydrogen-bond donors (Lipinski definition) is 0. The number of halogens is 1. The Morgan fingerprint density at radius 1 is 0.962 bits per heavy atom. The van der Waals surface area contributed by atoms with E-state index in [2.05, 4.69) is 17.1 Å². The van der Waals surface area contributed by atoms with E-state index in [0.29, 0.717) is 4.80 Å². The molecule has 1 fully saturated rings. The molecule has 0 unspecified atom stereocenters. The monoisotopic (exact) mass is 383 g/mol. The minimum absolute atomic E-state index is 0.142. The average molecular weight is 384 g/mol. The molecule has 132 valence electrons. The Labute approximate surface area is 161 Å². The third-order valence-electron chi connectivity index (χ3n) is 4.48. The molecule has 0 aliphatic carbocycles. The van der Waals surface area contributed by atoms with Gasteiger partial charge < -0.3 is 4.90 Å². The molecule has 0 radical (unpaired) electrons. The predicted octanol–water partition coefficient (Wildman–Crippen LogP) is 4.98. The SMILES string of the molecule is O=C(/N=c1\sccn1-c1ccc(-c2ccc(Cl)cc2)cc1)N1CCCC1. The van der Waals surface area contributed by atoms with Crippen molar-refractivity contribution in [2.75, 3.05) is 13.1 Å². The Morgan fingerprint density at radius 3 is 2.23 bits per heavy atom. The molecular weight excluding hydrogens is 366 g/mol.